The monoisotopic (exact) mass is 160 g/mol. The Bertz CT molecular complexity index is 394. The zero-order chi connectivity index (χ0) is 8.39. The summed E-state index contributed by atoms with van der Waals surface area (Å²) in [5.74, 6) is 5.93. The fourth-order valence-corrected chi connectivity index (χ4v) is 1.12. The van der Waals surface area contributed by atoms with Gasteiger partial charge in [0, 0.05) is 5.39 Å². The van der Waals surface area contributed by atoms with E-state index in [-0.39, 0.29) is 0 Å². The van der Waals surface area contributed by atoms with Crippen LogP contribution < -0.4 is 11.3 Å². The predicted octanol–water partition coefficient (Wildman–Crippen LogP) is 0.915. The number of aromatic nitrogens is 2. The fraction of sp³-hybridized carbons (Fsp3) is 0. The molecule has 0 fully saturated rings. The standard InChI is InChI=1S/C8H8N4/c9-12-8-6-3-1-2-4-7(6)10-5-11-8/h1-5H,9H2,(H,10,11,12). The molecule has 60 valence electrons. The van der Waals surface area contributed by atoms with Crippen LogP contribution in [0.1, 0.15) is 0 Å². The molecule has 0 spiro atoms. The van der Waals surface area contributed by atoms with Crippen molar-refractivity contribution in [2.45, 2.75) is 0 Å². The number of nitrogens with one attached hydrogen (secondary N) is 1. The molecule has 0 saturated heterocycles. The molecule has 0 amide bonds. The molecule has 0 radical (unpaired) electrons. The van der Waals surface area contributed by atoms with Crippen LogP contribution in [0.15, 0.2) is 30.6 Å². The molecule has 0 aliphatic heterocycles. The number of anilines is 1. The van der Waals surface area contributed by atoms with Crippen molar-refractivity contribution in [2.75, 3.05) is 5.43 Å². The lowest BCUT2D eigenvalue weighted by molar-refractivity contribution is 1.18. The summed E-state index contributed by atoms with van der Waals surface area (Å²) in [5.41, 5.74) is 3.41. The Morgan fingerprint density at radius 1 is 1.17 bits per heavy atom. The highest BCUT2D eigenvalue weighted by Gasteiger charge is 1.98. The third-order valence-electron chi connectivity index (χ3n) is 1.68. The minimum atomic E-state index is 0.653. The lowest BCUT2D eigenvalue weighted by Gasteiger charge is -2.01. The molecule has 0 atom stereocenters. The van der Waals surface area contributed by atoms with Crippen LogP contribution in [0.3, 0.4) is 0 Å². The summed E-state index contributed by atoms with van der Waals surface area (Å²) in [6.45, 7) is 0. The van der Waals surface area contributed by atoms with Crippen LogP contribution in [0.25, 0.3) is 10.9 Å². The third kappa shape index (κ3) is 0.981. The number of hydrogen-bond donors (Lipinski definition) is 2. The molecular weight excluding hydrogens is 152 g/mol. The average Bonchev–Trinajstić information content (AvgIpc) is 2.17. The van der Waals surface area contributed by atoms with Gasteiger partial charge in [-0.2, -0.15) is 0 Å². The molecule has 1 aromatic heterocycles. The van der Waals surface area contributed by atoms with Gasteiger partial charge in [-0.3, -0.25) is 0 Å². The molecule has 3 N–H and O–H groups in total. The first-order valence-corrected chi connectivity index (χ1v) is 3.58. The molecule has 4 nitrogen and oxygen atoms in total. The van der Waals surface area contributed by atoms with E-state index in [0.717, 1.165) is 10.9 Å². The highest BCUT2D eigenvalue weighted by Crippen LogP contribution is 2.16. The van der Waals surface area contributed by atoms with Crippen LogP contribution in [-0.4, -0.2) is 9.97 Å². The van der Waals surface area contributed by atoms with E-state index in [1.807, 2.05) is 24.3 Å². The summed E-state index contributed by atoms with van der Waals surface area (Å²) in [6.07, 6.45) is 1.48. The van der Waals surface area contributed by atoms with Gasteiger partial charge >= 0.3 is 0 Å². The number of hydrogen-bond acceptors (Lipinski definition) is 4. The largest absolute Gasteiger partial charge is 0.308 e. The van der Waals surface area contributed by atoms with Gasteiger partial charge in [0.1, 0.15) is 6.33 Å². The van der Waals surface area contributed by atoms with Crippen molar-refractivity contribution in [1.82, 2.24) is 9.97 Å². The van der Waals surface area contributed by atoms with E-state index in [0.29, 0.717) is 5.82 Å². The Morgan fingerprint density at radius 3 is 2.83 bits per heavy atom. The SMILES string of the molecule is NNc1ncnc2ccccc12. The quantitative estimate of drug-likeness (QED) is 0.481. The first-order valence-electron chi connectivity index (χ1n) is 3.58. The molecular formula is C8H8N4. The average molecular weight is 160 g/mol. The summed E-state index contributed by atoms with van der Waals surface area (Å²) in [4.78, 5) is 8.06. The first kappa shape index (κ1) is 7.00. The Labute approximate surface area is 69.4 Å². The van der Waals surface area contributed by atoms with E-state index < -0.39 is 0 Å². The molecule has 0 bridgehead atoms. The van der Waals surface area contributed by atoms with Gasteiger partial charge in [-0.05, 0) is 12.1 Å². The normalized spacial score (nSPS) is 10.1. The van der Waals surface area contributed by atoms with Gasteiger partial charge in [0.15, 0.2) is 5.82 Å². The van der Waals surface area contributed by atoms with E-state index in [9.17, 15) is 0 Å². The number of benzene rings is 1. The van der Waals surface area contributed by atoms with E-state index in [4.69, 9.17) is 5.84 Å². The summed E-state index contributed by atoms with van der Waals surface area (Å²) >= 11 is 0. The van der Waals surface area contributed by atoms with Gasteiger partial charge in [-0.1, -0.05) is 12.1 Å². The second kappa shape index (κ2) is 2.75. The number of hydrazine groups is 1. The van der Waals surface area contributed by atoms with Gasteiger partial charge in [0.25, 0.3) is 0 Å². The van der Waals surface area contributed by atoms with Crippen molar-refractivity contribution in [3.05, 3.63) is 30.6 Å². The molecule has 2 aromatic rings. The third-order valence-corrected chi connectivity index (χ3v) is 1.68. The summed E-state index contributed by atoms with van der Waals surface area (Å²) in [6, 6.07) is 7.69. The molecule has 1 heterocycles. The molecule has 4 heteroatoms. The number of nitrogens with zero attached hydrogens (tertiary/aromatic N) is 2. The molecule has 0 aliphatic carbocycles. The zero-order valence-electron chi connectivity index (χ0n) is 6.36. The Balaban J connectivity index is 2.79. The molecule has 12 heavy (non-hydrogen) atoms. The van der Waals surface area contributed by atoms with Crippen molar-refractivity contribution >= 4 is 16.7 Å². The van der Waals surface area contributed by atoms with Crippen molar-refractivity contribution in [3.63, 3.8) is 0 Å². The van der Waals surface area contributed by atoms with Gasteiger partial charge in [-0.15, -0.1) is 0 Å². The zero-order valence-corrected chi connectivity index (χ0v) is 6.36. The highest BCUT2D eigenvalue weighted by atomic mass is 15.3. The van der Waals surface area contributed by atoms with E-state index in [2.05, 4.69) is 15.4 Å². The summed E-state index contributed by atoms with van der Waals surface area (Å²) in [7, 11) is 0. The number of nitrogen functional groups attached to an aromatic ring is 1. The van der Waals surface area contributed by atoms with Gasteiger partial charge in [0.05, 0.1) is 5.52 Å². The number of nitrogens with two attached hydrogens (primary N) is 1. The molecule has 2 rings (SSSR count). The maximum atomic E-state index is 5.28. The summed E-state index contributed by atoms with van der Waals surface area (Å²) in [5, 5.41) is 0.933. The van der Waals surface area contributed by atoms with Gasteiger partial charge in [-0.25, -0.2) is 15.8 Å². The van der Waals surface area contributed by atoms with Crippen LogP contribution in [0, 0.1) is 0 Å². The van der Waals surface area contributed by atoms with Crippen molar-refractivity contribution in [3.8, 4) is 0 Å². The number of fused-ring (bicyclic) bond motifs is 1. The fourth-order valence-electron chi connectivity index (χ4n) is 1.12. The maximum Gasteiger partial charge on any atom is 0.151 e. The maximum absolute atomic E-state index is 5.28. The van der Waals surface area contributed by atoms with Gasteiger partial charge in [0.2, 0.25) is 0 Å². The Morgan fingerprint density at radius 2 is 2.00 bits per heavy atom. The van der Waals surface area contributed by atoms with Crippen LogP contribution >= 0.6 is 0 Å². The topological polar surface area (TPSA) is 63.8 Å². The molecule has 0 unspecified atom stereocenters. The van der Waals surface area contributed by atoms with Crippen molar-refractivity contribution in [2.24, 2.45) is 5.84 Å². The first-order chi connectivity index (χ1) is 5.92. The van der Waals surface area contributed by atoms with Crippen molar-refractivity contribution in [1.29, 1.82) is 0 Å². The molecule has 0 aliphatic rings. The number of para-hydroxylation sites is 1. The smallest absolute Gasteiger partial charge is 0.151 e. The van der Waals surface area contributed by atoms with E-state index in [1.54, 1.807) is 0 Å². The second-order valence-electron chi connectivity index (χ2n) is 2.38. The van der Waals surface area contributed by atoms with Crippen molar-refractivity contribution < 1.29 is 0 Å². The molecule has 0 saturated carbocycles. The Hall–Kier alpha value is -1.68. The second-order valence-corrected chi connectivity index (χ2v) is 2.38. The summed E-state index contributed by atoms with van der Waals surface area (Å²) < 4.78 is 0. The lowest BCUT2D eigenvalue weighted by Crippen LogP contribution is -2.09. The predicted molar refractivity (Wildman–Crippen MR) is 47.3 cm³/mol. The van der Waals surface area contributed by atoms with Gasteiger partial charge < -0.3 is 5.43 Å². The van der Waals surface area contributed by atoms with E-state index in [1.165, 1.54) is 6.33 Å². The van der Waals surface area contributed by atoms with Crippen LogP contribution in [0.4, 0.5) is 5.82 Å². The van der Waals surface area contributed by atoms with Crippen LogP contribution in [0.5, 0.6) is 0 Å². The lowest BCUT2D eigenvalue weighted by atomic mass is 10.2. The van der Waals surface area contributed by atoms with Crippen LogP contribution in [0.2, 0.25) is 0 Å². The number of rotatable bonds is 1. The Kier molecular flexibility index (Phi) is 1.60. The minimum Gasteiger partial charge on any atom is -0.308 e. The highest BCUT2D eigenvalue weighted by molar-refractivity contribution is 5.88. The molecule has 1 aromatic carbocycles. The van der Waals surface area contributed by atoms with Crippen LogP contribution in [-0.2, 0) is 0 Å². The minimum absolute atomic E-state index is 0.653. The van der Waals surface area contributed by atoms with E-state index >= 15 is 0 Å².